The number of furan rings is 2. The van der Waals surface area contributed by atoms with Gasteiger partial charge in [0.25, 0.3) is 0 Å². The van der Waals surface area contributed by atoms with Crippen LogP contribution in [0, 0.1) is 0 Å². The molecule has 0 spiro atoms. The minimum atomic E-state index is 0.798. The molecule has 0 unspecified atom stereocenters. The van der Waals surface area contributed by atoms with Crippen LogP contribution >= 0.6 is 11.8 Å². The minimum Gasteiger partial charge on any atom is -0.468 e. The molecule has 0 aliphatic rings. The Kier molecular flexibility index (Phi) is 2.46. The fourth-order valence-electron chi connectivity index (χ4n) is 1.57. The van der Waals surface area contributed by atoms with Crippen LogP contribution in [0.2, 0.25) is 0 Å². The highest BCUT2D eigenvalue weighted by Gasteiger charge is 2.04. The molecule has 16 heavy (non-hydrogen) atoms. The standard InChI is InChI=1S/C13H10O2S/c1-2-6-12-10(4-1)8-13(15-12)16-9-11-5-3-7-14-11/h1-8H,9H2. The number of hydrogen-bond acceptors (Lipinski definition) is 3. The predicted molar refractivity (Wildman–Crippen MR) is 64.5 cm³/mol. The fourth-order valence-corrected chi connectivity index (χ4v) is 2.37. The first-order valence-electron chi connectivity index (χ1n) is 5.05. The first kappa shape index (κ1) is 9.60. The Balaban J connectivity index is 1.79. The van der Waals surface area contributed by atoms with Gasteiger partial charge in [-0.15, -0.1) is 0 Å². The summed E-state index contributed by atoms with van der Waals surface area (Å²) in [4.78, 5) is 0. The molecule has 3 heteroatoms. The fraction of sp³-hybridized carbons (Fsp3) is 0.0769. The van der Waals surface area contributed by atoms with Crippen molar-refractivity contribution in [1.29, 1.82) is 0 Å². The summed E-state index contributed by atoms with van der Waals surface area (Å²) in [5.74, 6) is 1.76. The molecule has 0 aliphatic carbocycles. The SMILES string of the molecule is c1coc(CSc2cc3ccccc3o2)c1. The second kappa shape index (κ2) is 4.10. The van der Waals surface area contributed by atoms with Crippen LogP contribution in [0.15, 0.2) is 62.7 Å². The smallest absolute Gasteiger partial charge is 0.162 e. The van der Waals surface area contributed by atoms with Gasteiger partial charge in [0, 0.05) is 5.39 Å². The summed E-state index contributed by atoms with van der Waals surface area (Å²) in [5.41, 5.74) is 0.935. The van der Waals surface area contributed by atoms with Crippen molar-refractivity contribution in [1.82, 2.24) is 0 Å². The zero-order valence-electron chi connectivity index (χ0n) is 8.55. The van der Waals surface area contributed by atoms with E-state index in [4.69, 9.17) is 8.83 Å². The Labute approximate surface area is 97.2 Å². The maximum absolute atomic E-state index is 5.69. The van der Waals surface area contributed by atoms with Gasteiger partial charge in [-0.2, -0.15) is 0 Å². The Hall–Kier alpha value is -1.61. The van der Waals surface area contributed by atoms with Crippen LogP contribution in [0.1, 0.15) is 5.76 Å². The lowest BCUT2D eigenvalue weighted by Gasteiger charge is -1.92. The topological polar surface area (TPSA) is 26.3 Å². The van der Waals surface area contributed by atoms with Gasteiger partial charge in [-0.1, -0.05) is 30.0 Å². The van der Waals surface area contributed by atoms with Gasteiger partial charge in [-0.3, -0.25) is 0 Å². The highest BCUT2D eigenvalue weighted by molar-refractivity contribution is 7.98. The molecule has 80 valence electrons. The average molecular weight is 230 g/mol. The molecule has 0 N–H and O–H groups in total. The number of hydrogen-bond donors (Lipinski definition) is 0. The molecular weight excluding hydrogens is 220 g/mol. The van der Waals surface area contributed by atoms with Crippen molar-refractivity contribution < 1.29 is 8.83 Å². The van der Waals surface area contributed by atoms with E-state index in [1.807, 2.05) is 30.3 Å². The highest BCUT2D eigenvalue weighted by atomic mass is 32.2. The van der Waals surface area contributed by atoms with Crippen molar-refractivity contribution in [2.75, 3.05) is 0 Å². The zero-order chi connectivity index (χ0) is 10.8. The van der Waals surface area contributed by atoms with Gasteiger partial charge in [0.05, 0.1) is 12.0 Å². The number of thioether (sulfide) groups is 1. The normalized spacial score (nSPS) is 11.0. The summed E-state index contributed by atoms with van der Waals surface area (Å²) in [6, 6.07) is 13.9. The van der Waals surface area contributed by atoms with Crippen LogP contribution in [0.5, 0.6) is 0 Å². The molecule has 0 saturated carbocycles. The number of rotatable bonds is 3. The Bertz CT molecular complexity index is 548. The van der Waals surface area contributed by atoms with Crippen molar-refractivity contribution >= 4 is 22.7 Å². The van der Waals surface area contributed by atoms with E-state index in [0.717, 1.165) is 27.6 Å². The van der Waals surface area contributed by atoms with E-state index >= 15 is 0 Å². The monoisotopic (exact) mass is 230 g/mol. The first-order chi connectivity index (χ1) is 7.92. The average Bonchev–Trinajstić information content (AvgIpc) is 2.95. The summed E-state index contributed by atoms with van der Waals surface area (Å²) < 4.78 is 11.0. The third-order valence-electron chi connectivity index (χ3n) is 2.34. The quantitative estimate of drug-likeness (QED) is 0.627. The van der Waals surface area contributed by atoms with E-state index in [9.17, 15) is 0 Å². The molecule has 0 atom stereocenters. The second-order valence-corrected chi connectivity index (χ2v) is 4.45. The van der Waals surface area contributed by atoms with E-state index in [1.165, 1.54) is 0 Å². The highest BCUT2D eigenvalue weighted by Crippen LogP contribution is 2.29. The molecule has 0 radical (unpaired) electrons. The molecule has 1 aromatic carbocycles. The summed E-state index contributed by atoms with van der Waals surface area (Å²) >= 11 is 1.64. The summed E-state index contributed by atoms with van der Waals surface area (Å²) in [7, 11) is 0. The summed E-state index contributed by atoms with van der Waals surface area (Å²) in [5, 5.41) is 2.07. The van der Waals surface area contributed by atoms with Crippen LogP contribution in [-0.4, -0.2) is 0 Å². The maximum Gasteiger partial charge on any atom is 0.162 e. The molecule has 3 rings (SSSR count). The van der Waals surface area contributed by atoms with E-state index < -0.39 is 0 Å². The molecule has 0 amide bonds. The van der Waals surface area contributed by atoms with Gasteiger partial charge in [-0.05, 0) is 24.3 Å². The summed E-state index contributed by atoms with van der Waals surface area (Å²) in [6.45, 7) is 0. The van der Waals surface area contributed by atoms with Gasteiger partial charge in [0.1, 0.15) is 11.3 Å². The molecule has 2 aromatic heterocycles. The second-order valence-electron chi connectivity index (χ2n) is 3.47. The molecule has 0 fully saturated rings. The number of benzene rings is 1. The van der Waals surface area contributed by atoms with Gasteiger partial charge in [0.15, 0.2) is 5.09 Å². The molecule has 2 nitrogen and oxygen atoms in total. The predicted octanol–water partition coefficient (Wildman–Crippen LogP) is 4.32. The molecule has 2 heterocycles. The Morgan fingerprint density at radius 1 is 1.06 bits per heavy atom. The largest absolute Gasteiger partial charge is 0.468 e. The maximum atomic E-state index is 5.69. The lowest BCUT2D eigenvalue weighted by molar-refractivity contribution is 0.510. The van der Waals surface area contributed by atoms with E-state index in [0.29, 0.717) is 0 Å². The Morgan fingerprint density at radius 2 is 2.00 bits per heavy atom. The van der Waals surface area contributed by atoms with E-state index in [-0.39, 0.29) is 0 Å². The van der Waals surface area contributed by atoms with Gasteiger partial charge in [0.2, 0.25) is 0 Å². The van der Waals surface area contributed by atoms with Crippen LogP contribution < -0.4 is 0 Å². The summed E-state index contributed by atoms with van der Waals surface area (Å²) in [6.07, 6.45) is 1.69. The lowest BCUT2D eigenvalue weighted by Crippen LogP contribution is -1.72. The minimum absolute atomic E-state index is 0.798. The van der Waals surface area contributed by atoms with Gasteiger partial charge < -0.3 is 8.83 Å². The molecule has 0 bridgehead atoms. The molecule has 0 aliphatic heterocycles. The number of fused-ring (bicyclic) bond motifs is 1. The number of para-hydroxylation sites is 1. The molecule has 3 aromatic rings. The van der Waals surface area contributed by atoms with Crippen LogP contribution in [-0.2, 0) is 5.75 Å². The van der Waals surface area contributed by atoms with Gasteiger partial charge >= 0.3 is 0 Å². The third kappa shape index (κ3) is 1.86. The van der Waals surface area contributed by atoms with Crippen molar-refractivity contribution in [3.63, 3.8) is 0 Å². The van der Waals surface area contributed by atoms with E-state index in [2.05, 4.69) is 12.1 Å². The van der Waals surface area contributed by atoms with Crippen LogP contribution in [0.4, 0.5) is 0 Å². The molecular formula is C13H10O2S. The van der Waals surface area contributed by atoms with Gasteiger partial charge in [-0.25, -0.2) is 0 Å². The lowest BCUT2D eigenvalue weighted by atomic mass is 10.3. The van der Waals surface area contributed by atoms with Crippen molar-refractivity contribution in [3.05, 3.63) is 54.5 Å². The van der Waals surface area contributed by atoms with Crippen molar-refractivity contribution in [2.45, 2.75) is 10.8 Å². The first-order valence-corrected chi connectivity index (χ1v) is 6.04. The van der Waals surface area contributed by atoms with Crippen molar-refractivity contribution in [2.24, 2.45) is 0 Å². The zero-order valence-corrected chi connectivity index (χ0v) is 9.37. The van der Waals surface area contributed by atoms with E-state index in [1.54, 1.807) is 18.0 Å². The van der Waals surface area contributed by atoms with Crippen LogP contribution in [0.3, 0.4) is 0 Å². The molecule has 0 saturated heterocycles. The Morgan fingerprint density at radius 3 is 2.81 bits per heavy atom. The third-order valence-corrected chi connectivity index (χ3v) is 3.25. The van der Waals surface area contributed by atoms with Crippen LogP contribution in [0.25, 0.3) is 11.0 Å². The van der Waals surface area contributed by atoms with Crippen molar-refractivity contribution in [3.8, 4) is 0 Å².